The van der Waals surface area contributed by atoms with Crippen LogP contribution in [0.15, 0.2) is 23.9 Å². The minimum absolute atomic E-state index is 0.0803. The summed E-state index contributed by atoms with van der Waals surface area (Å²) in [5.41, 5.74) is -0.185. The summed E-state index contributed by atoms with van der Waals surface area (Å²) < 4.78 is 5.38. The van der Waals surface area contributed by atoms with Crippen molar-refractivity contribution in [3.63, 3.8) is 0 Å². The zero-order chi connectivity index (χ0) is 15.7. The molecular formula is C16H26N2O3. The zero-order valence-corrected chi connectivity index (χ0v) is 13.3. The second-order valence-corrected chi connectivity index (χ2v) is 6.94. The van der Waals surface area contributed by atoms with E-state index in [0.29, 0.717) is 25.9 Å². The Hall–Kier alpha value is -1.49. The van der Waals surface area contributed by atoms with Gasteiger partial charge in [-0.05, 0) is 58.4 Å². The summed E-state index contributed by atoms with van der Waals surface area (Å²) in [7, 11) is 0. The number of dihydropyridines is 1. The van der Waals surface area contributed by atoms with E-state index in [1.165, 1.54) is 0 Å². The minimum atomic E-state index is -0.816. The van der Waals surface area contributed by atoms with Crippen LogP contribution in [0.1, 0.15) is 40.5 Å². The third kappa shape index (κ3) is 3.79. The van der Waals surface area contributed by atoms with Gasteiger partial charge in [0.05, 0.1) is 11.6 Å². The van der Waals surface area contributed by atoms with Crippen LogP contribution in [0.3, 0.4) is 0 Å². The Kier molecular flexibility index (Phi) is 4.33. The van der Waals surface area contributed by atoms with E-state index in [4.69, 9.17) is 4.74 Å². The lowest BCUT2D eigenvalue weighted by atomic mass is 9.80. The van der Waals surface area contributed by atoms with E-state index in [-0.39, 0.29) is 12.1 Å². The van der Waals surface area contributed by atoms with Gasteiger partial charge in [-0.2, -0.15) is 0 Å². The highest BCUT2D eigenvalue weighted by Gasteiger charge is 2.42. The van der Waals surface area contributed by atoms with E-state index in [2.05, 4.69) is 5.32 Å². The number of nitrogens with one attached hydrogen (secondary N) is 1. The summed E-state index contributed by atoms with van der Waals surface area (Å²) in [5.74, 6) is 0. The maximum atomic E-state index is 12.0. The van der Waals surface area contributed by atoms with Crippen LogP contribution in [0.2, 0.25) is 0 Å². The number of piperidine rings is 1. The predicted molar refractivity (Wildman–Crippen MR) is 81.8 cm³/mol. The molecule has 5 nitrogen and oxygen atoms in total. The highest BCUT2D eigenvalue weighted by Crippen LogP contribution is 2.31. The first kappa shape index (κ1) is 15.9. The number of rotatable bonds is 1. The normalized spacial score (nSPS) is 25.1. The largest absolute Gasteiger partial charge is 0.444 e. The van der Waals surface area contributed by atoms with Crippen molar-refractivity contribution in [3.8, 4) is 0 Å². The van der Waals surface area contributed by atoms with Crippen LogP contribution in [0.25, 0.3) is 0 Å². The topological polar surface area (TPSA) is 61.8 Å². The molecule has 1 fully saturated rings. The lowest BCUT2D eigenvalue weighted by Gasteiger charge is -2.44. The highest BCUT2D eigenvalue weighted by molar-refractivity contribution is 5.68. The summed E-state index contributed by atoms with van der Waals surface area (Å²) in [6.45, 7) is 8.62. The van der Waals surface area contributed by atoms with Crippen LogP contribution in [0.4, 0.5) is 4.79 Å². The smallest absolute Gasteiger partial charge is 0.410 e. The van der Waals surface area contributed by atoms with Crippen molar-refractivity contribution in [3.05, 3.63) is 23.9 Å². The second-order valence-electron chi connectivity index (χ2n) is 6.94. The van der Waals surface area contributed by atoms with Gasteiger partial charge in [0, 0.05) is 13.1 Å². The summed E-state index contributed by atoms with van der Waals surface area (Å²) in [4.78, 5) is 13.7. The maximum absolute atomic E-state index is 12.0. The Balaban J connectivity index is 1.95. The van der Waals surface area contributed by atoms with Gasteiger partial charge in [0.15, 0.2) is 0 Å². The van der Waals surface area contributed by atoms with Gasteiger partial charge in [-0.25, -0.2) is 4.79 Å². The van der Waals surface area contributed by atoms with Crippen LogP contribution >= 0.6 is 0 Å². The Morgan fingerprint density at radius 2 is 2.05 bits per heavy atom. The van der Waals surface area contributed by atoms with Gasteiger partial charge in [0.2, 0.25) is 0 Å². The number of carbonyl (C=O) groups excluding carboxylic acids is 1. The van der Waals surface area contributed by atoms with E-state index in [1.54, 1.807) is 4.90 Å². The fourth-order valence-electron chi connectivity index (χ4n) is 2.85. The number of aliphatic hydroxyl groups is 1. The number of hydrogen-bond donors (Lipinski definition) is 2. The van der Waals surface area contributed by atoms with Gasteiger partial charge in [0.1, 0.15) is 5.60 Å². The summed E-state index contributed by atoms with van der Waals surface area (Å²) in [6, 6.07) is -0.0803. The molecule has 1 unspecified atom stereocenters. The predicted octanol–water partition coefficient (Wildman–Crippen LogP) is 2.18. The molecule has 2 rings (SSSR count). The Morgan fingerprint density at radius 1 is 1.43 bits per heavy atom. The number of amides is 1. The summed E-state index contributed by atoms with van der Waals surface area (Å²) in [5, 5.41) is 14.1. The monoisotopic (exact) mass is 294 g/mol. The van der Waals surface area contributed by atoms with E-state index < -0.39 is 11.2 Å². The molecular weight excluding hydrogens is 268 g/mol. The van der Waals surface area contributed by atoms with Crippen LogP contribution in [0.5, 0.6) is 0 Å². The molecule has 0 aromatic rings. The lowest BCUT2D eigenvalue weighted by Crippen LogP contribution is -2.57. The number of nitrogens with zero attached hydrogens (tertiary/aromatic N) is 1. The Bertz CT molecular complexity index is 455. The van der Waals surface area contributed by atoms with Crippen LogP contribution in [-0.2, 0) is 4.74 Å². The molecule has 21 heavy (non-hydrogen) atoms. The number of hydrogen-bond acceptors (Lipinski definition) is 4. The fraction of sp³-hybridized carbons (Fsp3) is 0.688. The molecule has 0 aliphatic carbocycles. The van der Waals surface area contributed by atoms with Crippen molar-refractivity contribution < 1.29 is 14.6 Å². The summed E-state index contributed by atoms with van der Waals surface area (Å²) >= 11 is 0. The maximum Gasteiger partial charge on any atom is 0.410 e. The minimum Gasteiger partial charge on any atom is -0.444 e. The van der Waals surface area contributed by atoms with E-state index in [9.17, 15) is 9.90 Å². The standard InChI is InChI=1S/C16H26N2O3/c1-12-6-5-9-17-13(12)16(20)7-10-18(11-8-16)14(19)21-15(2,3)4/h5-6,9,13,17,20H,7-8,10-11H2,1-4H3. The van der Waals surface area contributed by atoms with E-state index in [0.717, 1.165) is 5.57 Å². The van der Waals surface area contributed by atoms with Gasteiger partial charge in [-0.1, -0.05) is 6.08 Å². The third-order valence-electron chi connectivity index (χ3n) is 3.99. The molecule has 118 valence electrons. The van der Waals surface area contributed by atoms with Gasteiger partial charge < -0.3 is 20.1 Å². The third-order valence-corrected chi connectivity index (χ3v) is 3.99. The Labute approximate surface area is 126 Å². The molecule has 0 spiro atoms. The molecule has 2 aliphatic rings. The van der Waals surface area contributed by atoms with Gasteiger partial charge in [-0.15, -0.1) is 0 Å². The molecule has 2 aliphatic heterocycles. The Morgan fingerprint density at radius 3 is 2.57 bits per heavy atom. The lowest BCUT2D eigenvalue weighted by molar-refractivity contribution is -0.0449. The number of ether oxygens (including phenoxy) is 1. The average molecular weight is 294 g/mol. The molecule has 0 aromatic heterocycles. The van der Waals surface area contributed by atoms with Crippen LogP contribution < -0.4 is 5.32 Å². The second kappa shape index (κ2) is 5.72. The van der Waals surface area contributed by atoms with Crippen LogP contribution in [-0.4, -0.2) is 46.4 Å². The van der Waals surface area contributed by atoms with Crippen molar-refractivity contribution in [2.75, 3.05) is 13.1 Å². The van der Waals surface area contributed by atoms with Crippen molar-refractivity contribution >= 4 is 6.09 Å². The molecule has 2 heterocycles. The quantitative estimate of drug-likeness (QED) is 0.778. The molecule has 1 atom stereocenters. The first-order valence-corrected chi connectivity index (χ1v) is 7.51. The van der Waals surface area contributed by atoms with Crippen molar-refractivity contribution in [2.24, 2.45) is 0 Å². The fourth-order valence-corrected chi connectivity index (χ4v) is 2.85. The highest BCUT2D eigenvalue weighted by atomic mass is 16.6. The molecule has 0 radical (unpaired) electrons. The van der Waals surface area contributed by atoms with Crippen molar-refractivity contribution in [1.82, 2.24) is 10.2 Å². The molecule has 2 N–H and O–H groups in total. The van der Waals surface area contributed by atoms with E-state index in [1.807, 2.05) is 46.0 Å². The van der Waals surface area contributed by atoms with Crippen molar-refractivity contribution in [1.29, 1.82) is 0 Å². The van der Waals surface area contributed by atoms with Gasteiger partial charge >= 0.3 is 6.09 Å². The number of carbonyl (C=O) groups is 1. The molecule has 0 bridgehead atoms. The SMILES string of the molecule is CC1=CC=CNC1C1(O)CCN(C(=O)OC(C)(C)C)CC1. The first-order chi connectivity index (χ1) is 9.71. The summed E-state index contributed by atoms with van der Waals surface area (Å²) in [6.07, 6.45) is 6.60. The molecule has 1 amide bonds. The van der Waals surface area contributed by atoms with Gasteiger partial charge in [-0.3, -0.25) is 0 Å². The molecule has 0 aromatic carbocycles. The molecule has 5 heteroatoms. The first-order valence-electron chi connectivity index (χ1n) is 7.51. The average Bonchev–Trinajstić information content (AvgIpc) is 2.37. The van der Waals surface area contributed by atoms with Gasteiger partial charge in [0.25, 0.3) is 0 Å². The van der Waals surface area contributed by atoms with Crippen molar-refractivity contribution in [2.45, 2.75) is 57.8 Å². The van der Waals surface area contributed by atoms with E-state index >= 15 is 0 Å². The number of allylic oxidation sites excluding steroid dienone is 2. The zero-order valence-electron chi connectivity index (χ0n) is 13.3. The number of likely N-dealkylation sites (tertiary alicyclic amines) is 1. The molecule has 1 saturated heterocycles. The van der Waals surface area contributed by atoms with Crippen LogP contribution in [0, 0.1) is 0 Å². The molecule has 0 saturated carbocycles.